The molecule has 1 fully saturated rings. The molecule has 0 saturated carbocycles. The number of benzene rings is 2. The van der Waals surface area contributed by atoms with Crippen LogP contribution in [0.1, 0.15) is 13.3 Å². The third kappa shape index (κ3) is 4.93. The van der Waals surface area contributed by atoms with Crippen LogP contribution in [0.25, 0.3) is 11.0 Å². The fourth-order valence-corrected chi connectivity index (χ4v) is 4.31. The lowest BCUT2D eigenvalue weighted by atomic mass is 10.2. The summed E-state index contributed by atoms with van der Waals surface area (Å²) in [5, 5.41) is 0. The molecule has 1 saturated heterocycles. The number of carbonyl (C=O) groups excluding carboxylic acids is 2. The van der Waals surface area contributed by atoms with Crippen molar-refractivity contribution in [2.24, 2.45) is 0 Å². The summed E-state index contributed by atoms with van der Waals surface area (Å²) in [5.74, 6) is 0.105. The van der Waals surface area contributed by atoms with Gasteiger partial charge >= 0.3 is 11.7 Å². The Bertz CT molecular complexity index is 1210. The van der Waals surface area contributed by atoms with Gasteiger partial charge in [0.05, 0.1) is 24.6 Å². The molecule has 1 aliphatic heterocycles. The first-order valence-electron chi connectivity index (χ1n) is 11.5. The number of piperazine rings is 1. The lowest BCUT2D eigenvalue weighted by Gasteiger charge is -2.36. The average molecular weight is 467 g/mol. The number of rotatable bonds is 8. The summed E-state index contributed by atoms with van der Waals surface area (Å²) in [6.45, 7) is 4.92. The van der Waals surface area contributed by atoms with Gasteiger partial charge in [0.1, 0.15) is 5.75 Å². The Hall–Kier alpha value is -3.75. The van der Waals surface area contributed by atoms with E-state index in [0.29, 0.717) is 32.7 Å². The molecule has 0 radical (unpaired) electrons. The number of para-hydroxylation sites is 2. The zero-order chi connectivity index (χ0) is 24.1. The fourth-order valence-electron chi connectivity index (χ4n) is 4.31. The summed E-state index contributed by atoms with van der Waals surface area (Å²) in [7, 11) is 1.64. The highest BCUT2D eigenvalue weighted by Gasteiger charge is 2.22. The minimum absolute atomic E-state index is 0.0240. The van der Waals surface area contributed by atoms with Gasteiger partial charge in [0.15, 0.2) is 6.61 Å². The van der Waals surface area contributed by atoms with Gasteiger partial charge in [-0.15, -0.1) is 0 Å². The molecule has 0 spiro atoms. The number of aromatic nitrogens is 2. The number of ether oxygens (including phenoxy) is 2. The number of nitrogens with zero attached hydrogens (tertiary/aromatic N) is 4. The highest BCUT2D eigenvalue weighted by molar-refractivity contribution is 5.81. The van der Waals surface area contributed by atoms with Crippen LogP contribution in [-0.2, 0) is 27.4 Å². The fraction of sp³-hybridized carbons (Fsp3) is 0.400. The number of aryl methyl sites for hydroxylation is 2. The Morgan fingerprint density at radius 2 is 1.56 bits per heavy atom. The third-order valence-electron chi connectivity index (χ3n) is 6.21. The van der Waals surface area contributed by atoms with E-state index in [0.717, 1.165) is 22.5 Å². The summed E-state index contributed by atoms with van der Waals surface area (Å²) < 4.78 is 13.7. The number of carbonyl (C=O) groups is 2. The number of fused-ring (bicyclic) bond motifs is 1. The van der Waals surface area contributed by atoms with E-state index >= 15 is 0 Å². The van der Waals surface area contributed by atoms with Gasteiger partial charge in [-0.05, 0) is 43.3 Å². The summed E-state index contributed by atoms with van der Waals surface area (Å²) in [5.41, 5.74) is 2.56. The molecule has 9 heteroatoms. The average Bonchev–Trinajstić information content (AvgIpc) is 3.16. The van der Waals surface area contributed by atoms with Crippen molar-refractivity contribution in [2.75, 3.05) is 44.8 Å². The number of hydrogen-bond donors (Lipinski definition) is 0. The monoisotopic (exact) mass is 466 g/mol. The van der Waals surface area contributed by atoms with E-state index in [4.69, 9.17) is 9.47 Å². The number of hydrogen-bond acceptors (Lipinski definition) is 6. The van der Waals surface area contributed by atoms with Crippen molar-refractivity contribution in [3.8, 4) is 5.75 Å². The zero-order valence-corrected chi connectivity index (χ0v) is 19.6. The van der Waals surface area contributed by atoms with Gasteiger partial charge in [-0.3, -0.25) is 18.7 Å². The lowest BCUT2D eigenvalue weighted by molar-refractivity contribution is -0.152. The quantitative estimate of drug-likeness (QED) is 0.473. The van der Waals surface area contributed by atoms with Gasteiger partial charge in [0.2, 0.25) is 0 Å². The van der Waals surface area contributed by atoms with Crippen LogP contribution in [0.5, 0.6) is 5.75 Å². The van der Waals surface area contributed by atoms with E-state index in [1.807, 2.05) is 55.5 Å². The van der Waals surface area contributed by atoms with Crippen LogP contribution in [0.2, 0.25) is 0 Å². The lowest BCUT2D eigenvalue weighted by Crippen LogP contribution is -2.49. The largest absolute Gasteiger partial charge is 0.497 e. The summed E-state index contributed by atoms with van der Waals surface area (Å²) in [6, 6.07) is 15.3. The Kier molecular flexibility index (Phi) is 7.20. The van der Waals surface area contributed by atoms with Gasteiger partial charge in [0.25, 0.3) is 5.91 Å². The second kappa shape index (κ2) is 10.5. The van der Waals surface area contributed by atoms with Gasteiger partial charge in [-0.1, -0.05) is 12.1 Å². The molecule has 9 nitrogen and oxygen atoms in total. The second-order valence-electron chi connectivity index (χ2n) is 8.14. The topological polar surface area (TPSA) is 86.0 Å². The van der Waals surface area contributed by atoms with Crippen molar-refractivity contribution >= 4 is 28.6 Å². The van der Waals surface area contributed by atoms with Crippen LogP contribution in [0.15, 0.2) is 53.3 Å². The summed E-state index contributed by atoms with van der Waals surface area (Å²) >= 11 is 0. The molecule has 1 amide bonds. The van der Waals surface area contributed by atoms with Crippen LogP contribution in [0.4, 0.5) is 5.69 Å². The van der Waals surface area contributed by atoms with E-state index < -0.39 is 5.97 Å². The molecule has 0 unspecified atom stereocenters. The number of amides is 1. The molecule has 1 aromatic heterocycles. The predicted molar refractivity (Wildman–Crippen MR) is 129 cm³/mol. The van der Waals surface area contributed by atoms with Crippen molar-refractivity contribution in [1.29, 1.82) is 0 Å². The highest BCUT2D eigenvalue weighted by Crippen LogP contribution is 2.20. The van der Waals surface area contributed by atoms with Gasteiger partial charge in [-0.2, -0.15) is 0 Å². The first-order chi connectivity index (χ1) is 16.5. The maximum atomic E-state index is 12.7. The van der Waals surface area contributed by atoms with Crippen LogP contribution < -0.4 is 15.3 Å². The molecule has 2 heterocycles. The van der Waals surface area contributed by atoms with Crippen molar-refractivity contribution < 1.29 is 19.1 Å². The van der Waals surface area contributed by atoms with Crippen molar-refractivity contribution in [3.05, 3.63) is 59.0 Å². The smallest absolute Gasteiger partial charge is 0.329 e. The summed E-state index contributed by atoms with van der Waals surface area (Å²) in [6.07, 6.45) is 0.0240. The van der Waals surface area contributed by atoms with Crippen molar-refractivity contribution in [1.82, 2.24) is 14.0 Å². The highest BCUT2D eigenvalue weighted by atomic mass is 16.5. The van der Waals surface area contributed by atoms with Gasteiger partial charge < -0.3 is 19.3 Å². The molecular weight excluding hydrogens is 436 g/mol. The molecule has 4 rings (SSSR count). The van der Waals surface area contributed by atoms with Gasteiger partial charge in [-0.25, -0.2) is 4.79 Å². The first kappa shape index (κ1) is 23.4. The normalized spacial score (nSPS) is 13.8. The van der Waals surface area contributed by atoms with E-state index in [2.05, 4.69) is 4.90 Å². The Morgan fingerprint density at radius 1 is 0.912 bits per heavy atom. The maximum Gasteiger partial charge on any atom is 0.329 e. The van der Waals surface area contributed by atoms with Crippen molar-refractivity contribution in [3.63, 3.8) is 0 Å². The minimum atomic E-state index is -0.495. The SMILES string of the molecule is CCn1c(=O)n(CCC(=O)OCC(=O)N2CCN(c3ccc(OC)cc3)CC2)c2ccccc21. The Labute approximate surface area is 198 Å². The van der Waals surface area contributed by atoms with Crippen molar-refractivity contribution in [2.45, 2.75) is 26.4 Å². The van der Waals surface area contributed by atoms with E-state index in [-0.39, 0.29) is 31.2 Å². The predicted octanol–water partition coefficient (Wildman–Crippen LogP) is 2.11. The van der Waals surface area contributed by atoms with Gasteiger partial charge in [0, 0.05) is 45.0 Å². The van der Waals surface area contributed by atoms with Crippen LogP contribution >= 0.6 is 0 Å². The maximum absolute atomic E-state index is 12.7. The van der Waals surface area contributed by atoms with E-state index in [1.165, 1.54) is 0 Å². The molecule has 180 valence electrons. The van der Waals surface area contributed by atoms with Crippen LogP contribution in [-0.4, -0.2) is 65.8 Å². The number of anilines is 1. The van der Waals surface area contributed by atoms with E-state index in [9.17, 15) is 14.4 Å². The third-order valence-corrected chi connectivity index (χ3v) is 6.21. The first-order valence-corrected chi connectivity index (χ1v) is 11.5. The molecule has 34 heavy (non-hydrogen) atoms. The second-order valence-corrected chi connectivity index (χ2v) is 8.14. The molecule has 2 aromatic carbocycles. The Balaban J connectivity index is 1.25. The molecule has 1 aliphatic rings. The number of esters is 1. The van der Waals surface area contributed by atoms with Crippen LogP contribution in [0, 0.1) is 0 Å². The molecular formula is C25H30N4O5. The molecule has 0 aliphatic carbocycles. The molecule has 3 aromatic rings. The number of imidazole rings is 1. The number of methoxy groups -OCH3 is 1. The molecule has 0 atom stereocenters. The van der Waals surface area contributed by atoms with E-state index in [1.54, 1.807) is 21.1 Å². The summed E-state index contributed by atoms with van der Waals surface area (Å²) in [4.78, 5) is 41.4. The molecule has 0 N–H and O–H groups in total. The standard InChI is InChI=1S/C25H30N4O5/c1-3-28-21-6-4-5-7-22(21)29(25(28)32)13-12-24(31)34-18-23(30)27-16-14-26(15-17-27)19-8-10-20(33-2)11-9-19/h4-11H,3,12-18H2,1-2H3. The van der Waals surface area contributed by atoms with Crippen LogP contribution in [0.3, 0.4) is 0 Å². The molecule has 0 bridgehead atoms. The zero-order valence-electron chi connectivity index (χ0n) is 19.6. The Morgan fingerprint density at radius 3 is 2.18 bits per heavy atom. The minimum Gasteiger partial charge on any atom is -0.497 e.